The van der Waals surface area contributed by atoms with Crippen LogP contribution < -0.4 is 0 Å². The van der Waals surface area contributed by atoms with Crippen LogP contribution in [0.2, 0.25) is 0 Å². The predicted molar refractivity (Wildman–Crippen MR) is 36.6 cm³/mol. The summed E-state index contributed by atoms with van der Waals surface area (Å²) in [5, 5.41) is 0. The minimum atomic E-state index is 0.00296. The summed E-state index contributed by atoms with van der Waals surface area (Å²) in [6, 6.07) is 0. The van der Waals surface area contributed by atoms with E-state index in [-0.39, 0.29) is 4.69 Å². The molecule has 0 radical (unpaired) electrons. The van der Waals surface area contributed by atoms with Crippen LogP contribution in [0.15, 0.2) is 11.1 Å². The number of halogens is 2. The van der Waals surface area contributed by atoms with Gasteiger partial charge in [0.25, 0.3) is 0 Å². The molecule has 0 bridgehead atoms. The number of carbonyl (C=O) groups excluding carboxylic acids is 1. The Morgan fingerprint density at radius 1 is 1.71 bits per heavy atom. The maximum Gasteiger partial charge on any atom is 0.201 e. The van der Waals surface area contributed by atoms with Gasteiger partial charge in [0.05, 0.1) is 0 Å². The van der Waals surface area contributed by atoms with Gasteiger partial charge in [-0.3, -0.25) is 4.79 Å². The van der Waals surface area contributed by atoms with Gasteiger partial charge in [0, 0.05) is 6.42 Å². The van der Waals surface area contributed by atoms with Gasteiger partial charge in [-0.15, -0.1) is 0 Å². The molecule has 0 aromatic heterocycles. The lowest BCUT2D eigenvalue weighted by Gasteiger charge is -1.74. The number of carbonyl (C=O) groups is 1. The van der Waals surface area contributed by atoms with Crippen molar-refractivity contribution in [1.29, 1.82) is 0 Å². The molecule has 1 nitrogen and oxygen atoms in total. The van der Waals surface area contributed by atoms with Crippen molar-refractivity contribution in [1.82, 2.24) is 0 Å². The molecule has 0 aromatic rings. The number of hydrogen-bond donors (Lipinski definition) is 0. The van der Waals surface area contributed by atoms with E-state index in [0.29, 0.717) is 6.42 Å². The van der Waals surface area contributed by atoms with E-state index in [1.165, 1.54) is 0 Å². The molecule has 7 heavy (non-hydrogen) atoms. The molecule has 0 aliphatic rings. The molecule has 0 aliphatic carbocycles. The summed E-state index contributed by atoms with van der Waals surface area (Å²) in [6.07, 6.45) is 2.17. The molecule has 0 amide bonds. The zero-order valence-corrected chi connectivity index (χ0v) is 6.70. The van der Waals surface area contributed by atoms with Crippen molar-refractivity contribution in [2.24, 2.45) is 0 Å². The quantitative estimate of drug-likeness (QED) is 0.662. The maximum absolute atomic E-state index is 10.0. The van der Waals surface area contributed by atoms with E-state index in [4.69, 9.17) is 0 Å². The highest BCUT2D eigenvalue weighted by molar-refractivity contribution is 9.18. The fraction of sp³-hybridized carbons (Fsp3) is 0.250. The van der Waals surface area contributed by atoms with Crippen LogP contribution in [-0.2, 0) is 4.79 Å². The normalized spacial score (nSPS) is 10.0. The Morgan fingerprint density at radius 2 is 2.29 bits per heavy atom. The third kappa shape index (κ3) is 6.37. The largest absolute Gasteiger partial charge is 0.286 e. The van der Waals surface area contributed by atoms with E-state index in [9.17, 15) is 4.79 Å². The number of hydrogen-bond acceptors (Lipinski definition) is 1. The second-order valence-electron chi connectivity index (χ2n) is 0.921. The molecule has 0 spiro atoms. The van der Waals surface area contributed by atoms with Crippen LogP contribution in [0.25, 0.3) is 0 Å². The Bertz CT molecular complexity index is 87.7. The van der Waals surface area contributed by atoms with Gasteiger partial charge in [-0.25, -0.2) is 0 Å². The van der Waals surface area contributed by atoms with E-state index in [2.05, 4.69) is 31.9 Å². The summed E-state index contributed by atoms with van der Waals surface area (Å²) in [7, 11) is 0. The first-order valence-corrected chi connectivity index (χ1v) is 3.42. The first kappa shape index (κ1) is 7.37. The van der Waals surface area contributed by atoms with Crippen LogP contribution in [0, 0.1) is 0 Å². The first-order chi connectivity index (χ1) is 3.27. The predicted octanol–water partition coefficient (Wildman–Crippen LogP) is 2.21. The van der Waals surface area contributed by atoms with Crippen LogP contribution >= 0.6 is 31.9 Å². The van der Waals surface area contributed by atoms with Gasteiger partial charge < -0.3 is 0 Å². The molecule has 3 heteroatoms. The molecule has 0 fully saturated rings. The topological polar surface area (TPSA) is 17.1 Å². The second-order valence-corrected chi connectivity index (χ2v) is 2.33. The van der Waals surface area contributed by atoms with E-state index in [1.807, 2.05) is 0 Å². The summed E-state index contributed by atoms with van der Waals surface area (Å²) >= 11 is 5.79. The highest BCUT2D eigenvalue weighted by atomic mass is 79.9. The van der Waals surface area contributed by atoms with Gasteiger partial charge in [-0.1, -0.05) is 22.0 Å². The molecule has 0 aromatic carbocycles. The van der Waals surface area contributed by atoms with E-state index in [1.54, 1.807) is 11.1 Å². The van der Waals surface area contributed by atoms with Crippen molar-refractivity contribution in [3.63, 3.8) is 0 Å². The SMILES string of the molecule is O=C(Br)CC=CBr. The van der Waals surface area contributed by atoms with Crippen molar-refractivity contribution in [2.75, 3.05) is 0 Å². The molecule has 0 saturated heterocycles. The standard InChI is InChI=1S/C4H4Br2O/c5-3-1-2-4(6)7/h1,3H,2H2. The monoisotopic (exact) mass is 226 g/mol. The molecular weight excluding hydrogens is 224 g/mol. The second kappa shape index (κ2) is 4.53. The minimum absolute atomic E-state index is 0.00296. The zero-order valence-electron chi connectivity index (χ0n) is 3.53. The average molecular weight is 228 g/mol. The molecule has 0 atom stereocenters. The van der Waals surface area contributed by atoms with Gasteiger partial charge >= 0.3 is 0 Å². The maximum atomic E-state index is 10.0. The third-order valence-electron chi connectivity index (χ3n) is 0.367. The molecule has 0 heterocycles. The summed E-state index contributed by atoms with van der Waals surface area (Å²) < 4.78 is 0.00296. The van der Waals surface area contributed by atoms with Crippen LogP contribution in [0.5, 0.6) is 0 Å². The summed E-state index contributed by atoms with van der Waals surface area (Å²) in [4.78, 5) is 11.7. The fourth-order valence-corrected chi connectivity index (χ4v) is 0.511. The first-order valence-electron chi connectivity index (χ1n) is 1.71. The van der Waals surface area contributed by atoms with Crippen molar-refractivity contribution < 1.29 is 4.79 Å². The van der Waals surface area contributed by atoms with Crippen molar-refractivity contribution in [3.8, 4) is 0 Å². The smallest absolute Gasteiger partial charge is 0.201 e. The summed E-state index contributed by atoms with van der Waals surface area (Å²) in [6.45, 7) is 0. The van der Waals surface area contributed by atoms with Crippen LogP contribution in [0.1, 0.15) is 6.42 Å². The van der Waals surface area contributed by atoms with E-state index < -0.39 is 0 Å². The molecule has 0 rings (SSSR count). The molecule has 40 valence electrons. The lowest BCUT2D eigenvalue weighted by molar-refractivity contribution is -0.109. The highest BCUT2D eigenvalue weighted by Gasteiger charge is 1.84. The van der Waals surface area contributed by atoms with Gasteiger partial charge in [0.1, 0.15) is 0 Å². The minimum Gasteiger partial charge on any atom is -0.286 e. The number of rotatable bonds is 2. The molecule has 0 N–H and O–H groups in total. The van der Waals surface area contributed by atoms with Crippen LogP contribution in [-0.4, -0.2) is 4.69 Å². The highest BCUT2D eigenvalue weighted by Crippen LogP contribution is 1.94. The van der Waals surface area contributed by atoms with Crippen LogP contribution in [0.4, 0.5) is 0 Å². The Hall–Kier alpha value is 0.370. The van der Waals surface area contributed by atoms with Crippen molar-refractivity contribution >= 4 is 36.6 Å². The van der Waals surface area contributed by atoms with E-state index in [0.717, 1.165) is 0 Å². The van der Waals surface area contributed by atoms with Gasteiger partial charge in [0.15, 0.2) is 0 Å². The van der Waals surface area contributed by atoms with E-state index >= 15 is 0 Å². The lowest BCUT2D eigenvalue weighted by atomic mass is 10.5. The Kier molecular flexibility index (Phi) is 4.77. The van der Waals surface area contributed by atoms with Gasteiger partial charge in [-0.05, 0) is 20.9 Å². The van der Waals surface area contributed by atoms with Gasteiger partial charge in [0.2, 0.25) is 4.69 Å². The third-order valence-corrected chi connectivity index (χ3v) is 1.06. The molecule has 0 saturated carbocycles. The van der Waals surface area contributed by atoms with Crippen molar-refractivity contribution in [2.45, 2.75) is 6.42 Å². The zero-order chi connectivity index (χ0) is 5.70. The summed E-state index contributed by atoms with van der Waals surface area (Å²) in [5.41, 5.74) is 0. The Balaban J connectivity index is 3.14. The molecule has 0 unspecified atom stereocenters. The molecule has 0 aliphatic heterocycles. The van der Waals surface area contributed by atoms with Crippen LogP contribution in [0.3, 0.4) is 0 Å². The summed E-state index contributed by atoms with van der Waals surface area (Å²) in [5.74, 6) is 0. The number of allylic oxidation sites excluding steroid dienone is 1. The fourth-order valence-electron chi connectivity index (χ4n) is 0.137. The van der Waals surface area contributed by atoms with Crippen molar-refractivity contribution in [3.05, 3.63) is 11.1 Å². The molecular formula is C4H4Br2O. The lowest BCUT2D eigenvalue weighted by Crippen LogP contribution is -1.76. The Morgan fingerprint density at radius 3 is 2.43 bits per heavy atom. The average Bonchev–Trinajstić information content (AvgIpc) is 1.61. The Labute approximate surface area is 59.0 Å². The van der Waals surface area contributed by atoms with Gasteiger partial charge in [-0.2, -0.15) is 0 Å².